The van der Waals surface area contributed by atoms with Crippen molar-refractivity contribution in [1.82, 2.24) is 10.1 Å². The Balaban J connectivity index is 1.95. The molecule has 8 heteroatoms. The Morgan fingerprint density at radius 1 is 1.22 bits per heavy atom. The van der Waals surface area contributed by atoms with Gasteiger partial charge in [-0.25, -0.2) is 0 Å². The average molecular weight is 247 g/mol. The van der Waals surface area contributed by atoms with E-state index in [1.54, 1.807) is 12.1 Å². The van der Waals surface area contributed by atoms with E-state index >= 15 is 0 Å². The van der Waals surface area contributed by atoms with Crippen molar-refractivity contribution in [2.75, 3.05) is 0 Å². The summed E-state index contributed by atoms with van der Waals surface area (Å²) < 4.78 is 15.0. The number of aromatic nitrogens is 2. The van der Waals surface area contributed by atoms with Crippen molar-refractivity contribution in [1.29, 1.82) is 0 Å². The largest absolute Gasteiger partial charge is 0.461 e. The summed E-state index contributed by atoms with van der Waals surface area (Å²) >= 11 is 0. The van der Waals surface area contributed by atoms with Gasteiger partial charge in [0.1, 0.15) is 4.92 Å². The maximum Gasteiger partial charge on any atom is 0.433 e. The highest BCUT2D eigenvalue weighted by Crippen LogP contribution is 2.26. The number of hydrogen-bond donors (Lipinski definition) is 0. The first-order chi connectivity index (χ1) is 8.74. The van der Waals surface area contributed by atoms with Crippen LogP contribution in [0.5, 0.6) is 0 Å². The predicted octanol–water partition coefficient (Wildman–Crippen LogP) is 2.50. The quantitative estimate of drug-likeness (QED) is 0.516. The predicted molar refractivity (Wildman–Crippen MR) is 56.4 cm³/mol. The molecule has 0 amide bonds. The van der Waals surface area contributed by atoms with E-state index in [4.69, 9.17) is 13.4 Å². The van der Waals surface area contributed by atoms with E-state index in [2.05, 4.69) is 10.1 Å². The maximum absolute atomic E-state index is 10.5. The Kier molecular flexibility index (Phi) is 2.19. The van der Waals surface area contributed by atoms with Crippen LogP contribution in [0, 0.1) is 10.1 Å². The lowest BCUT2D eigenvalue weighted by Gasteiger charge is -1.84. The third-order valence-corrected chi connectivity index (χ3v) is 2.15. The van der Waals surface area contributed by atoms with Crippen LogP contribution in [-0.4, -0.2) is 15.1 Å². The molecule has 3 aromatic heterocycles. The van der Waals surface area contributed by atoms with Crippen LogP contribution >= 0.6 is 0 Å². The van der Waals surface area contributed by atoms with Gasteiger partial charge in [-0.2, -0.15) is 4.98 Å². The Morgan fingerprint density at radius 2 is 2.11 bits per heavy atom. The van der Waals surface area contributed by atoms with Gasteiger partial charge in [0.2, 0.25) is 5.82 Å². The van der Waals surface area contributed by atoms with Gasteiger partial charge in [0.25, 0.3) is 5.89 Å². The van der Waals surface area contributed by atoms with Gasteiger partial charge in [-0.15, -0.1) is 0 Å². The molecule has 0 fully saturated rings. The van der Waals surface area contributed by atoms with Gasteiger partial charge in [0.05, 0.1) is 12.3 Å². The van der Waals surface area contributed by atoms with Crippen molar-refractivity contribution in [2.45, 2.75) is 0 Å². The summed E-state index contributed by atoms with van der Waals surface area (Å²) in [5.74, 6) is 0.476. The van der Waals surface area contributed by atoms with Crippen LogP contribution in [0.25, 0.3) is 23.2 Å². The molecule has 0 saturated heterocycles. The Hall–Kier alpha value is -2.90. The van der Waals surface area contributed by atoms with E-state index in [0.717, 1.165) is 0 Å². The molecule has 0 saturated carbocycles. The first-order valence-electron chi connectivity index (χ1n) is 4.86. The summed E-state index contributed by atoms with van der Waals surface area (Å²) in [5.41, 5.74) is 0. The third-order valence-electron chi connectivity index (χ3n) is 2.15. The summed E-state index contributed by atoms with van der Waals surface area (Å²) in [6.45, 7) is 0. The Bertz CT molecular complexity index is 682. The minimum atomic E-state index is -0.646. The van der Waals surface area contributed by atoms with Gasteiger partial charge >= 0.3 is 5.88 Å². The van der Waals surface area contributed by atoms with Crippen molar-refractivity contribution in [3.05, 3.63) is 40.6 Å². The van der Waals surface area contributed by atoms with Gasteiger partial charge < -0.3 is 13.4 Å². The van der Waals surface area contributed by atoms with Crippen molar-refractivity contribution in [3.63, 3.8) is 0 Å². The van der Waals surface area contributed by atoms with E-state index < -0.39 is 4.92 Å². The van der Waals surface area contributed by atoms with Crippen LogP contribution in [0.4, 0.5) is 5.88 Å². The molecule has 0 unspecified atom stereocenters. The molecule has 0 aliphatic carbocycles. The first-order valence-corrected chi connectivity index (χ1v) is 4.86. The molecule has 3 aromatic rings. The minimum absolute atomic E-state index is 0.0505. The second-order valence-electron chi connectivity index (χ2n) is 3.30. The molecule has 0 spiro atoms. The summed E-state index contributed by atoms with van der Waals surface area (Å²) in [6, 6.07) is 5.95. The van der Waals surface area contributed by atoms with Crippen LogP contribution in [0.15, 0.2) is 43.9 Å². The molecule has 0 atom stereocenters. The fourth-order valence-corrected chi connectivity index (χ4v) is 1.37. The number of rotatable bonds is 3. The second-order valence-corrected chi connectivity index (χ2v) is 3.30. The van der Waals surface area contributed by atoms with E-state index in [-0.39, 0.29) is 23.4 Å². The Morgan fingerprint density at radius 3 is 2.78 bits per heavy atom. The maximum atomic E-state index is 10.5. The molecule has 8 nitrogen and oxygen atoms in total. The second kappa shape index (κ2) is 3.84. The van der Waals surface area contributed by atoms with Crippen LogP contribution in [0.2, 0.25) is 0 Å². The molecule has 90 valence electrons. The zero-order chi connectivity index (χ0) is 12.5. The van der Waals surface area contributed by atoms with Crippen molar-refractivity contribution in [3.8, 4) is 23.2 Å². The number of furan rings is 2. The normalized spacial score (nSPS) is 10.7. The van der Waals surface area contributed by atoms with E-state index in [9.17, 15) is 10.1 Å². The minimum Gasteiger partial charge on any atom is -0.461 e. The van der Waals surface area contributed by atoms with Crippen LogP contribution < -0.4 is 0 Å². The lowest BCUT2D eigenvalue weighted by atomic mass is 10.4. The zero-order valence-corrected chi connectivity index (χ0v) is 8.77. The number of hydrogen-bond acceptors (Lipinski definition) is 7. The highest BCUT2D eigenvalue weighted by atomic mass is 16.6. The zero-order valence-electron chi connectivity index (χ0n) is 8.77. The van der Waals surface area contributed by atoms with Gasteiger partial charge in [-0.1, -0.05) is 5.16 Å². The molecule has 0 bridgehead atoms. The van der Waals surface area contributed by atoms with Gasteiger partial charge in [-0.3, -0.25) is 10.1 Å². The van der Waals surface area contributed by atoms with Gasteiger partial charge in [0.15, 0.2) is 11.5 Å². The fraction of sp³-hybridized carbons (Fsp3) is 0. The van der Waals surface area contributed by atoms with Crippen molar-refractivity contribution >= 4 is 5.88 Å². The lowest BCUT2D eigenvalue weighted by molar-refractivity contribution is -0.401. The summed E-state index contributed by atoms with van der Waals surface area (Å²) in [5, 5.41) is 14.1. The third kappa shape index (κ3) is 1.65. The molecule has 0 aliphatic rings. The van der Waals surface area contributed by atoms with Gasteiger partial charge in [-0.05, 0) is 18.2 Å². The summed E-state index contributed by atoms with van der Waals surface area (Å²) in [6.07, 6.45) is 1.48. The molecule has 0 radical (unpaired) electrons. The topological polar surface area (TPSA) is 108 Å². The molecule has 18 heavy (non-hydrogen) atoms. The van der Waals surface area contributed by atoms with Crippen LogP contribution in [-0.2, 0) is 0 Å². The molecule has 0 aliphatic heterocycles. The first kappa shape index (κ1) is 10.3. The summed E-state index contributed by atoms with van der Waals surface area (Å²) in [4.78, 5) is 13.8. The van der Waals surface area contributed by atoms with E-state index in [1.165, 1.54) is 18.4 Å². The van der Waals surface area contributed by atoms with Crippen molar-refractivity contribution < 1.29 is 18.3 Å². The smallest absolute Gasteiger partial charge is 0.433 e. The summed E-state index contributed by atoms with van der Waals surface area (Å²) in [7, 11) is 0. The van der Waals surface area contributed by atoms with Crippen LogP contribution in [0.3, 0.4) is 0 Å². The average Bonchev–Trinajstić information content (AvgIpc) is 3.10. The highest BCUT2D eigenvalue weighted by molar-refractivity contribution is 5.52. The number of nitrogens with zero attached hydrogens (tertiary/aromatic N) is 3. The molecular weight excluding hydrogens is 242 g/mol. The highest BCUT2D eigenvalue weighted by Gasteiger charge is 2.19. The molecule has 0 aromatic carbocycles. The van der Waals surface area contributed by atoms with E-state index in [1.807, 2.05) is 0 Å². The fourth-order valence-electron chi connectivity index (χ4n) is 1.37. The van der Waals surface area contributed by atoms with Gasteiger partial charge in [0, 0.05) is 0 Å². The molecule has 0 N–H and O–H groups in total. The molecular formula is C10H5N3O5. The molecule has 3 heterocycles. The number of nitro groups is 1. The monoisotopic (exact) mass is 247 g/mol. The van der Waals surface area contributed by atoms with Crippen molar-refractivity contribution in [2.24, 2.45) is 0 Å². The lowest BCUT2D eigenvalue weighted by Crippen LogP contribution is -1.82. The molecule has 3 rings (SSSR count). The standard InChI is InChI=1S/C10H5N3O5/c14-13(15)8-4-3-7(17-8)10-11-9(12-18-10)6-2-1-5-16-6/h1-5H. The van der Waals surface area contributed by atoms with E-state index in [0.29, 0.717) is 5.76 Å². The SMILES string of the molecule is O=[N+]([O-])c1ccc(-c2nc(-c3ccco3)no2)o1. The Labute approximate surface area is 99.0 Å². The van der Waals surface area contributed by atoms with Crippen LogP contribution in [0.1, 0.15) is 0 Å².